The van der Waals surface area contributed by atoms with E-state index in [-0.39, 0.29) is 0 Å². The molecule has 0 spiro atoms. The van der Waals surface area contributed by atoms with E-state index in [1.165, 1.54) is 44.1 Å². The van der Waals surface area contributed by atoms with Crippen LogP contribution >= 0.6 is 11.3 Å². The number of rotatable bonds is 5. The first-order valence-electron chi connectivity index (χ1n) is 6.52. The summed E-state index contributed by atoms with van der Waals surface area (Å²) in [6, 6.07) is 2.82. The second-order valence-electron chi connectivity index (χ2n) is 5.04. The highest BCUT2D eigenvalue weighted by molar-refractivity contribution is 7.10. The second kappa shape index (κ2) is 5.83. The van der Waals surface area contributed by atoms with Crippen molar-refractivity contribution in [3.8, 4) is 0 Å². The third-order valence-corrected chi connectivity index (χ3v) is 5.04. The van der Waals surface area contributed by atoms with E-state index < -0.39 is 0 Å². The predicted octanol–water partition coefficient (Wildman–Crippen LogP) is 4.29. The summed E-state index contributed by atoms with van der Waals surface area (Å²) in [5, 5.41) is 5.69. The summed E-state index contributed by atoms with van der Waals surface area (Å²) in [4.78, 5) is 1.54. The zero-order chi connectivity index (χ0) is 11.4. The van der Waals surface area contributed by atoms with Gasteiger partial charge in [-0.1, -0.05) is 25.7 Å². The fourth-order valence-electron chi connectivity index (χ4n) is 2.85. The van der Waals surface area contributed by atoms with Crippen LogP contribution in [0, 0.1) is 12.8 Å². The number of aryl methyl sites for hydroxylation is 1. The van der Waals surface area contributed by atoms with Crippen molar-refractivity contribution in [2.75, 3.05) is 7.05 Å². The standard InChI is InChI=1S/C14H23NS/c1-11-9-10-16-14(11)13(15-2)8-7-12-5-3-4-6-12/h9-10,12-13,15H,3-8H2,1-2H3. The number of thiophene rings is 1. The van der Waals surface area contributed by atoms with Crippen molar-refractivity contribution >= 4 is 11.3 Å². The van der Waals surface area contributed by atoms with Gasteiger partial charge in [-0.3, -0.25) is 0 Å². The number of hydrogen-bond acceptors (Lipinski definition) is 2. The molecule has 0 amide bonds. The average Bonchev–Trinajstić information content (AvgIpc) is 2.92. The van der Waals surface area contributed by atoms with Gasteiger partial charge in [0, 0.05) is 10.9 Å². The fourth-order valence-corrected chi connectivity index (χ4v) is 3.92. The van der Waals surface area contributed by atoms with Crippen LogP contribution in [0.15, 0.2) is 11.4 Å². The van der Waals surface area contributed by atoms with E-state index >= 15 is 0 Å². The lowest BCUT2D eigenvalue weighted by Gasteiger charge is -2.18. The van der Waals surface area contributed by atoms with Crippen molar-refractivity contribution in [2.24, 2.45) is 5.92 Å². The van der Waals surface area contributed by atoms with E-state index in [9.17, 15) is 0 Å². The molecule has 0 radical (unpaired) electrons. The maximum Gasteiger partial charge on any atom is 0.0415 e. The van der Waals surface area contributed by atoms with Crippen LogP contribution < -0.4 is 5.32 Å². The Kier molecular flexibility index (Phi) is 4.42. The van der Waals surface area contributed by atoms with Gasteiger partial charge in [-0.15, -0.1) is 11.3 Å². The molecule has 1 fully saturated rings. The van der Waals surface area contributed by atoms with Crippen molar-refractivity contribution in [1.82, 2.24) is 5.32 Å². The molecule has 2 heteroatoms. The van der Waals surface area contributed by atoms with Crippen molar-refractivity contribution in [3.05, 3.63) is 21.9 Å². The molecule has 1 nitrogen and oxygen atoms in total. The van der Waals surface area contributed by atoms with Gasteiger partial charge in [0.15, 0.2) is 0 Å². The molecule has 1 aliphatic rings. The first-order valence-corrected chi connectivity index (χ1v) is 7.40. The van der Waals surface area contributed by atoms with Crippen LogP contribution in [0.1, 0.15) is 55.0 Å². The van der Waals surface area contributed by atoms with E-state index in [1.54, 1.807) is 4.88 Å². The summed E-state index contributed by atoms with van der Waals surface area (Å²) in [6.07, 6.45) is 8.59. The lowest BCUT2D eigenvalue weighted by Crippen LogP contribution is -2.16. The average molecular weight is 237 g/mol. The highest BCUT2D eigenvalue weighted by Gasteiger charge is 2.18. The van der Waals surface area contributed by atoms with Gasteiger partial charge in [0.2, 0.25) is 0 Å². The molecular formula is C14H23NS. The van der Waals surface area contributed by atoms with Crippen molar-refractivity contribution in [1.29, 1.82) is 0 Å². The Hall–Kier alpha value is -0.340. The largest absolute Gasteiger partial charge is 0.312 e. The Morgan fingerprint density at radius 2 is 2.19 bits per heavy atom. The summed E-state index contributed by atoms with van der Waals surface area (Å²) in [6.45, 7) is 2.23. The van der Waals surface area contributed by atoms with E-state index in [0.29, 0.717) is 6.04 Å². The van der Waals surface area contributed by atoms with Gasteiger partial charge in [0.25, 0.3) is 0 Å². The van der Waals surface area contributed by atoms with E-state index in [1.807, 2.05) is 11.3 Å². The Balaban J connectivity index is 1.88. The molecule has 90 valence electrons. The summed E-state index contributed by atoms with van der Waals surface area (Å²) in [5.41, 5.74) is 1.45. The zero-order valence-electron chi connectivity index (χ0n) is 10.5. The molecule has 1 aromatic rings. The molecule has 0 bridgehead atoms. The number of hydrogen-bond donors (Lipinski definition) is 1. The molecule has 0 saturated heterocycles. The smallest absolute Gasteiger partial charge is 0.0415 e. The van der Waals surface area contributed by atoms with Gasteiger partial charge in [-0.2, -0.15) is 0 Å². The Labute approximate surface area is 103 Å². The monoisotopic (exact) mass is 237 g/mol. The summed E-state index contributed by atoms with van der Waals surface area (Å²) in [5.74, 6) is 1.01. The molecule has 1 heterocycles. The molecule has 1 aromatic heterocycles. The third kappa shape index (κ3) is 2.86. The molecule has 16 heavy (non-hydrogen) atoms. The first kappa shape index (κ1) is 12.1. The lowest BCUT2D eigenvalue weighted by atomic mass is 9.97. The van der Waals surface area contributed by atoms with E-state index in [0.717, 1.165) is 5.92 Å². The van der Waals surface area contributed by atoms with Crippen molar-refractivity contribution in [3.63, 3.8) is 0 Å². The van der Waals surface area contributed by atoms with Gasteiger partial charge in [-0.05, 0) is 49.7 Å². The molecular weight excluding hydrogens is 214 g/mol. The van der Waals surface area contributed by atoms with Crippen LogP contribution in [-0.2, 0) is 0 Å². The third-order valence-electron chi connectivity index (χ3n) is 3.90. The van der Waals surface area contributed by atoms with Crippen molar-refractivity contribution in [2.45, 2.75) is 51.5 Å². The summed E-state index contributed by atoms with van der Waals surface area (Å²) >= 11 is 1.90. The molecule has 1 N–H and O–H groups in total. The second-order valence-corrected chi connectivity index (χ2v) is 5.98. The maximum absolute atomic E-state index is 3.48. The summed E-state index contributed by atoms with van der Waals surface area (Å²) < 4.78 is 0. The molecule has 1 aliphatic carbocycles. The van der Waals surface area contributed by atoms with Crippen LogP contribution in [-0.4, -0.2) is 7.05 Å². The van der Waals surface area contributed by atoms with E-state index in [4.69, 9.17) is 0 Å². The first-order chi connectivity index (χ1) is 7.81. The van der Waals surface area contributed by atoms with Crippen molar-refractivity contribution < 1.29 is 0 Å². The van der Waals surface area contributed by atoms with Crippen LogP contribution in [0.5, 0.6) is 0 Å². The normalized spacial score (nSPS) is 19.1. The minimum absolute atomic E-state index is 0.584. The van der Waals surface area contributed by atoms with Gasteiger partial charge >= 0.3 is 0 Å². The molecule has 1 saturated carbocycles. The van der Waals surface area contributed by atoms with Crippen LogP contribution in [0.3, 0.4) is 0 Å². The van der Waals surface area contributed by atoms with Crippen LogP contribution in [0.25, 0.3) is 0 Å². The quantitative estimate of drug-likeness (QED) is 0.805. The van der Waals surface area contributed by atoms with Gasteiger partial charge in [0.1, 0.15) is 0 Å². The van der Waals surface area contributed by atoms with Crippen LogP contribution in [0.2, 0.25) is 0 Å². The van der Waals surface area contributed by atoms with Crippen LogP contribution in [0.4, 0.5) is 0 Å². The Morgan fingerprint density at radius 3 is 2.75 bits per heavy atom. The topological polar surface area (TPSA) is 12.0 Å². The highest BCUT2D eigenvalue weighted by Crippen LogP contribution is 2.33. The Morgan fingerprint density at radius 1 is 1.44 bits per heavy atom. The highest BCUT2D eigenvalue weighted by atomic mass is 32.1. The maximum atomic E-state index is 3.48. The van der Waals surface area contributed by atoms with Gasteiger partial charge < -0.3 is 5.32 Å². The molecule has 0 aromatic carbocycles. The predicted molar refractivity (Wildman–Crippen MR) is 72.0 cm³/mol. The molecule has 1 atom stereocenters. The van der Waals surface area contributed by atoms with E-state index in [2.05, 4.69) is 30.7 Å². The lowest BCUT2D eigenvalue weighted by molar-refractivity contribution is 0.430. The molecule has 0 aliphatic heterocycles. The minimum atomic E-state index is 0.584. The SMILES string of the molecule is CNC(CCC1CCCC1)c1sccc1C. The van der Waals surface area contributed by atoms with Gasteiger partial charge in [0.05, 0.1) is 0 Å². The van der Waals surface area contributed by atoms with Gasteiger partial charge in [-0.25, -0.2) is 0 Å². The molecule has 2 rings (SSSR count). The number of nitrogens with one attached hydrogen (secondary N) is 1. The molecule has 1 unspecified atom stereocenters. The Bertz CT molecular complexity index is 312. The minimum Gasteiger partial charge on any atom is -0.312 e. The fraction of sp³-hybridized carbons (Fsp3) is 0.714. The zero-order valence-corrected chi connectivity index (χ0v) is 11.3. The summed E-state index contributed by atoms with van der Waals surface area (Å²) in [7, 11) is 2.10.